The van der Waals surface area contributed by atoms with Crippen LogP contribution in [0.1, 0.15) is 58.8 Å². The molecule has 5 nitrogen and oxygen atoms in total. The first-order chi connectivity index (χ1) is 13.7. The largest absolute Gasteiger partial charge is 0.396 e. The zero-order valence-electron chi connectivity index (χ0n) is 17.5. The Morgan fingerprint density at radius 3 is 2.72 bits per heavy atom. The van der Waals surface area contributed by atoms with Gasteiger partial charge in [-0.25, -0.2) is 0 Å². The summed E-state index contributed by atoms with van der Waals surface area (Å²) < 4.78 is 0. The fourth-order valence-electron chi connectivity index (χ4n) is 7.50. The summed E-state index contributed by atoms with van der Waals surface area (Å²) in [6, 6.07) is 0. The van der Waals surface area contributed by atoms with Gasteiger partial charge in [0.1, 0.15) is 5.60 Å². The molecule has 29 heavy (non-hydrogen) atoms. The molecule has 0 amide bonds. The van der Waals surface area contributed by atoms with E-state index in [0.29, 0.717) is 25.0 Å². The molecule has 3 saturated carbocycles. The molecule has 0 aromatic rings. The van der Waals surface area contributed by atoms with Crippen LogP contribution in [0.3, 0.4) is 0 Å². The zero-order chi connectivity index (χ0) is 21.0. The van der Waals surface area contributed by atoms with Crippen LogP contribution in [0.25, 0.3) is 0 Å². The van der Waals surface area contributed by atoms with Crippen molar-refractivity contribution < 1.29 is 24.9 Å². The standard InChI is InChI=1S/C23H34O5S/c1-21-7-5-15(25)11-14(21)3-4-16-17-6-8-23(28,19(27)13-29-10-9-24)22(17,2)12-18(26)20(16)21/h11,16-18,20,24,26,28H,3-10,12-13H2,1-2H3/t16-,17-,18-,20-,21-,22+,23-/m1/s1. The van der Waals surface area contributed by atoms with E-state index in [4.69, 9.17) is 5.11 Å². The Balaban J connectivity index is 1.63. The Bertz CT molecular complexity index is 735. The smallest absolute Gasteiger partial charge is 0.174 e. The van der Waals surface area contributed by atoms with Crippen molar-refractivity contribution in [2.24, 2.45) is 28.6 Å². The number of thioether (sulfide) groups is 1. The van der Waals surface area contributed by atoms with E-state index >= 15 is 0 Å². The summed E-state index contributed by atoms with van der Waals surface area (Å²) in [5, 5.41) is 31.9. The van der Waals surface area contributed by atoms with E-state index in [1.165, 1.54) is 17.3 Å². The molecule has 4 aliphatic carbocycles. The molecule has 0 heterocycles. The molecule has 6 heteroatoms. The highest BCUT2D eigenvalue weighted by Crippen LogP contribution is 2.67. The monoisotopic (exact) mass is 422 g/mol. The fourth-order valence-corrected chi connectivity index (χ4v) is 8.20. The number of fused-ring (bicyclic) bond motifs is 5. The fraction of sp³-hybridized carbons (Fsp3) is 0.826. The predicted molar refractivity (Wildman–Crippen MR) is 112 cm³/mol. The van der Waals surface area contributed by atoms with Gasteiger partial charge >= 0.3 is 0 Å². The van der Waals surface area contributed by atoms with Gasteiger partial charge < -0.3 is 15.3 Å². The topological polar surface area (TPSA) is 94.8 Å². The lowest BCUT2D eigenvalue weighted by Gasteiger charge is -2.60. The van der Waals surface area contributed by atoms with Crippen LogP contribution in [0, 0.1) is 28.6 Å². The third-order valence-electron chi connectivity index (χ3n) is 8.98. The van der Waals surface area contributed by atoms with Gasteiger partial charge in [0.15, 0.2) is 11.6 Å². The van der Waals surface area contributed by atoms with Gasteiger partial charge in [-0.15, -0.1) is 0 Å². The number of rotatable bonds is 5. The maximum atomic E-state index is 13.0. The van der Waals surface area contributed by atoms with Crippen molar-refractivity contribution >= 4 is 23.3 Å². The van der Waals surface area contributed by atoms with E-state index in [2.05, 4.69) is 6.92 Å². The van der Waals surface area contributed by atoms with Gasteiger partial charge in [-0.3, -0.25) is 9.59 Å². The molecule has 4 rings (SSSR count). The molecule has 0 aromatic heterocycles. The third kappa shape index (κ3) is 3.08. The summed E-state index contributed by atoms with van der Waals surface area (Å²) in [5.74, 6) is 1.31. The Hall–Kier alpha value is -0.690. The summed E-state index contributed by atoms with van der Waals surface area (Å²) >= 11 is 1.36. The number of carbonyl (C=O) groups is 2. The molecular formula is C23H34O5S. The highest BCUT2D eigenvalue weighted by molar-refractivity contribution is 7.99. The van der Waals surface area contributed by atoms with Gasteiger partial charge in [0.2, 0.25) is 0 Å². The Morgan fingerprint density at radius 1 is 1.24 bits per heavy atom. The second-order valence-electron chi connectivity index (χ2n) is 10.2. The van der Waals surface area contributed by atoms with Gasteiger partial charge in [-0.2, -0.15) is 11.8 Å². The Morgan fingerprint density at radius 2 is 2.00 bits per heavy atom. The number of carbonyl (C=O) groups excluding carboxylic acids is 2. The van der Waals surface area contributed by atoms with Crippen LogP contribution in [0.5, 0.6) is 0 Å². The first-order valence-electron chi connectivity index (χ1n) is 11.0. The molecule has 3 fully saturated rings. The summed E-state index contributed by atoms with van der Waals surface area (Å²) in [6.07, 6.45) is 6.08. The minimum absolute atomic E-state index is 0.0235. The molecule has 4 aliphatic rings. The van der Waals surface area contributed by atoms with E-state index in [0.717, 1.165) is 25.7 Å². The molecule has 162 valence electrons. The van der Waals surface area contributed by atoms with E-state index < -0.39 is 17.1 Å². The molecule has 0 spiro atoms. The minimum atomic E-state index is -1.40. The van der Waals surface area contributed by atoms with Crippen LogP contribution in [0.15, 0.2) is 11.6 Å². The normalized spacial score (nSPS) is 46.5. The van der Waals surface area contributed by atoms with Crippen molar-refractivity contribution in [3.8, 4) is 0 Å². The van der Waals surface area contributed by atoms with Crippen LogP contribution in [0.4, 0.5) is 0 Å². The predicted octanol–water partition coefficient (Wildman–Crippen LogP) is 2.51. The van der Waals surface area contributed by atoms with Crippen LogP contribution in [-0.4, -0.2) is 56.7 Å². The Kier molecular flexibility index (Phi) is 5.55. The van der Waals surface area contributed by atoms with E-state index in [-0.39, 0.29) is 47.1 Å². The second-order valence-corrected chi connectivity index (χ2v) is 11.3. The lowest BCUT2D eigenvalue weighted by Crippen LogP contribution is -2.62. The molecule has 0 aliphatic heterocycles. The first-order valence-corrected chi connectivity index (χ1v) is 12.2. The summed E-state index contributed by atoms with van der Waals surface area (Å²) in [7, 11) is 0. The molecule has 0 aromatic carbocycles. The highest BCUT2D eigenvalue weighted by atomic mass is 32.2. The van der Waals surface area contributed by atoms with Gasteiger partial charge in [0.05, 0.1) is 18.5 Å². The quantitative estimate of drug-likeness (QED) is 0.590. The average Bonchev–Trinajstić information content (AvgIpc) is 2.94. The molecule has 0 radical (unpaired) electrons. The maximum absolute atomic E-state index is 13.0. The highest BCUT2D eigenvalue weighted by Gasteiger charge is 2.68. The molecule has 3 N–H and O–H groups in total. The maximum Gasteiger partial charge on any atom is 0.174 e. The summed E-state index contributed by atoms with van der Waals surface area (Å²) in [6.45, 7) is 4.25. The second kappa shape index (κ2) is 7.47. The van der Waals surface area contributed by atoms with Crippen molar-refractivity contribution in [2.75, 3.05) is 18.1 Å². The molecule has 0 bridgehead atoms. The third-order valence-corrected chi connectivity index (χ3v) is 9.92. The van der Waals surface area contributed by atoms with Crippen molar-refractivity contribution in [3.63, 3.8) is 0 Å². The molecule has 7 atom stereocenters. The number of ketones is 2. The first kappa shape index (κ1) is 21.5. The zero-order valence-corrected chi connectivity index (χ0v) is 18.3. The SMILES string of the molecule is C[C@]12C[C@@H](O)[C@H]3[C@H](CCC4=CC(=O)CC[C@]43C)[C@H]1CC[C@@]2(O)C(=O)CSCCO. The van der Waals surface area contributed by atoms with Crippen molar-refractivity contribution in [3.05, 3.63) is 11.6 Å². The summed E-state index contributed by atoms with van der Waals surface area (Å²) in [4.78, 5) is 25.0. The summed E-state index contributed by atoms with van der Waals surface area (Å²) in [5.41, 5.74) is -0.973. The Labute approximate surface area is 177 Å². The number of Topliss-reactive ketones (excluding diaryl/α,β-unsaturated/α-hetero) is 1. The minimum Gasteiger partial charge on any atom is -0.396 e. The number of aliphatic hydroxyl groups is 3. The van der Waals surface area contributed by atoms with Gasteiger partial charge in [0, 0.05) is 17.6 Å². The van der Waals surface area contributed by atoms with E-state index in [1.807, 2.05) is 13.0 Å². The number of aliphatic hydroxyl groups excluding tert-OH is 2. The molecular weight excluding hydrogens is 388 g/mol. The number of hydrogen-bond donors (Lipinski definition) is 3. The van der Waals surface area contributed by atoms with Gasteiger partial charge in [-0.05, 0) is 67.8 Å². The van der Waals surface area contributed by atoms with Crippen LogP contribution in [0.2, 0.25) is 0 Å². The lowest BCUT2D eigenvalue weighted by molar-refractivity contribution is -0.178. The number of hydrogen-bond acceptors (Lipinski definition) is 6. The number of allylic oxidation sites excluding steroid dienone is 1. The van der Waals surface area contributed by atoms with Gasteiger partial charge in [-0.1, -0.05) is 19.4 Å². The van der Waals surface area contributed by atoms with E-state index in [1.54, 1.807) is 0 Å². The van der Waals surface area contributed by atoms with Crippen molar-refractivity contribution in [1.82, 2.24) is 0 Å². The molecule has 0 unspecified atom stereocenters. The van der Waals surface area contributed by atoms with Crippen LogP contribution < -0.4 is 0 Å². The van der Waals surface area contributed by atoms with Crippen molar-refractivity contribution in [1.29, 1.82) is 0 Å². The van der Waals surface area contributed by atoms with Crippen molar-refractivity contribution in [2.45, 2.75) is 70.5 Å². The van der Waals surface area contributed by atoms with E-state index in [9.17, 15) is 19.8 Å². The average molecular weight is 423 g/mol. The van der Waals surface area contributed by atoms with Gasteiger partial charge in [0.25, 0.3) is 0 Å². The van der Waals surface area contributed by atoms with Crippen LogP contribution >= 0.6 is 11.8 Å². The lowest BCUT2D eigenvalue weighted by atomic mass is 9.45. The molecule has 0 saturated heterocycles. The van der Waals surface area contributed by atoms with Crippen LogP contribution in [-0.2, 0) is 9.59 Å².